The second-order valence-corrected chi connectivity index (χ2v) is 6.11. The minimum absolute atomic E-state index is 0.0273. The van der Waals surface area contributed by atoms with E-state index in [4.69, 9.17) is 21.1 Å². The largest absolute Gasteiger partial charge is 0.497 e. The van der Waals surface area contributed by atoms with Crippen LogP contribution in [0.3, 0.4) is 0 Å². The number of halogens is 1. The predicted octanol–water partition coefficient (Wildman–Crippen LogP) is 3.64. The van der Waals surface area contributed by atoms with Gasteiger partial charge in [-0.1, -0.05) is 17.7 Å². The number of ether oxygens (including phenoxy) is 2. The van der Waals surface area contributed by atoms with Crippen LogP contribution in [0.2, 0.25) is 5.02 Å². The SMILES string of the molecule is COc1ccc(SCC(=O)NCCOc2cccc(Cl)c2)cc1. The topological polar surface area (TPSA) is 47.6 Å². The molecule has 2 rings (SSSR count). The molecule has 0 fully saturated rings. The average Bonchev–Trinajstić information content (AvgIpc) is 2.57. The Morgan fingerprint density at radius 1 is 1.17 bits per heavy atom. The molecule has 0 saturated carbocycles. The molecule has 23 heavy (non-hydrogen) atoms. The molecule has 1 amide bonds. The van der Waals surface area contributed by atoms with Crippen molar-refractivity contribution in [3.05, 3.63) is 53.6 Å². The van der Waals surface area contributed by atoms with Crippen LogP contribution in [0, 0.1) is 0 Å². The monoisotopic (exact) mass is 351 g/mol. The highest BCUT2D eigenvalue weighted by molar-refractivity contribution is 8.00. The van der Waals surface area contributed by atoms with E-state index in [-0.39, 0.29) is 5.91 Å². The van der Waals surface area contributed by atoms with Crippen LogP contribution in [0.25, 0.3) is 0 Å². The van der Waals surface area contributed by atoms with Gasteiger partial charge in [0.2, 0.25) is 5.91 Å². The Labute approximate surface area is 145 Å². The first-order chi connectivity index (χ1) is 11.2. The molecule has 0 heterocycles. The maximum absolute atomic E-state index is 11.8. The van der Waals surface area contributed by atoms with Crippen LogP contribution in [0.15, 0.2) is 53.4 Å². The van der Waals surface area contributed by atoms with Crippen LogP contribution in [-0.2, 0) is 4.79 Å². The first-order valence-electron chi connectivity index (χ1n) is 7.09. The zero-order valence-corrected chi connectivity index (χ0v) is 14.3. The molecule has 2 aromatic rings. The van der Waals surface area contributed by atoms with Gasteiger partial charge in [0.15, 0.2) is 0 Å². The van der Waals surface area contributed by atoms with Crippen molar-refractivity contribution < 1.29 is 14.3 Å². The second kappa shape index (κ2) is 9.33. The van der Waals surface area contributed by atoms with Gasteiger partial charge in [-0.15, -0.1) is 11.8 Å². The number of thioether (sulfide) groups is 1. The number of benzene rings is 2. The highest BCUT2D eigenvalue weighted by Crippen LogP contribution is 2.21. The molecule has 1 N–H and O–H groups in total. The van der Waals surface area contributed by atoms with Crippen molar-refractivity contribution in [2.75, 3.05) is 26.0 Å². The van der Waals surface area contributed by atoms with Crippen LogP contribution in [0.4, 0.5) is 0 Å². The Kier molecular flexibility index (Phi) is 7.10. The summed E-state index contributed by atoms with van der Waals surface area (Å²) in [7, 11) is 1.63. The van der Waals surface area contributed by atoms with E-state index in [0.717, 1.165) is 10.6 Å². The van der Waals surface area contributed by atoms with Crippen molar-refractivity contribution in [3.8, 4) is 11.5 Å². The maximum atomic E-state index is 11.8. The molecule has 6 heteroatoms. The van der Waals surface area contributed by atoms with Gasteiger partial charge in [0.05, 0.1) is 19.4 Å². The molecule has 4 nitrogen and oxygen atoms in total. The number of carbonyl (C=O) groups is 1. The highest BCUT2D eigenvalue weighted by atomic mass is 35.5. The molecule has 0 bridgehead atoms. The molecule has 0 aliphatic heterocycles. The average molecular weight is 352 g/mol. The first-order valence-corrected chi connectivity index (χ1v) is 8.45. The maximum Gasteiger partial charge on any atom is 0.230 e. The smallest absolute Gasteiger partial charge is 0.230 e. The third kappa shape index (κ3) is 6.42. The summed E-state index contributed by atoms with van der Waals surface area (Å²) in [4.78, 5) is 12.8. The van der Waals surface area contributed by atoms with Crippen LogP contribution >= 0.6 is 23.4 Å². The minimum atomic E-state index is -0.0273. The van der Waals surface area contributed by atoms with E-state index in [1.165, 1.54) is 11.8 Å². The van der Waals surface area contributed by atoms with Gasteiger partial charge in [-0.2, -0.15) is 0 Å². The van der Waals surface area contributed by atoms with Gasteiger partial charge in [0.1, 0.15) is 18.1 Å². The standard InChI is InChI=1S/C17H18ClNO3S/c1-21-14-5-7-16(8-6-14)23-12-17(20)19-9-10-22-15-4-2-3-13(18)11-15/h2-8,11H,9-10,12H2,1H3,(H,19,20). The number of nitrogens with one attached hydrogen (secondary N) is 1. The van der Waals surface area contributed by atoms with Crippen LogP contribution in [-0.4, -0.2) is 31.9 Å². The summed E-state index contributed by atoms with van der Waals surface area (Å²) in [6, 6.07) is 14.8. The Morgan fingerprint density at radius 2 is 1.96 bits per heavy atom. The van der Waals surface area contributed by atoms with E-state index in [2.05, 4.69) is 5.32 Å². The second-order valence-electron chi connectivity index (χ2n) is 4.62. The summed E-state index contributed by atoms with van der Waals surface area (Å²) in [5, 5.41) is 3.45. The van der Waals surface area contributed by atoms with Crippen molar-refractivity contribution >= 4 is 29.3 Å². The zero-order valence-electron chi connectivity index (χ0n) is 12.8. The fourth-order valence-corrected chi connectivity index (χ4v) is 2.70. The van der Waals surface area contributed by atoms with Crippen molar-refractivity contribution in [2.45, 2.75) is 4.90 Å². The number of amides is 1. The van der Waals surface area contributed by atoms with Gasteiger partial charge in [-0.25, -0.2) is 0 Å². The number of hydrogen-bond donors (Lipinski definition) is 1. The van der Waals surface area contributed by atoms with Gasteiger partial charge in [0, 0.05) is 9.92 Å². The van der Waals surface area contributed by atoms with Crippen molar-refractivity contribution in [1.82, 2.24) is 5.32 Å². The fraction of sp³-hybridized carbons (Fsp3) is 0.235. The molecule has 0 spiro atoms. The summed E-state index contributed by atoms with van der Waals surface area (Å²) >= 11 is 7.34. The Morgan fingerprint density at radius 3 is 2.65 bits per heavy atom. The van der Waals surface area contributed by atoms with Crippen molar-refractivity contribution in [1.29, 1.82) is 0 Å². The molecular formula is C17H18ClNO3S. The lowest BCUT2D eigenvalue weighted by molar-refractivity contribution is -0.118. The Balaban J connectivity index is 1.63. The first kappa shape index (κ1) is 17.5. The summed E-state index contributed by atoms with van der Waals surface area (Å²) in [5.41, 5.74) is 0. The Hall–Kier alpha value is -1.85. The lowest BCUT2D eigenvalue weighted by Gasteiger charge is -2.08. The highest BCUT2D eigenvalue weighted by Gasteiger charge is 2.03. The van der Waals surface area contributed by atoms with Crippen molar-refractivity contribution in [2.24, 2.45) is 0 Å². The van der Waals surface area contributed by atoms with E-state index in [1.807, 2.05) is 36.4 Å². The number of rotatable bonds is 8. The zero-order chi connectivity index (χ0) is 16.5. The molecule has 0 radical (unpaired) electrons. The lowest BCUT2D eigenvalue weighted by Crippen LogP contribution is -2.29. The van der Waals surface area contributed by atoms with Crippen LogP contribution < -0.4 is 14.8 Å². The molecule has 0 saturated heterocycles. The van der Waals surface area contributed by atoms with Gasteiger partial charge < -0.3 is 14.8 Å². The quantitative estimate of drug-likeness (QED) is 0.582. The van der Waals surface area contributed by atoms with Gasteiger partial charge in [-0.05, 0) is 42.5 Å². The molecule has 2 aromatic carbocycles. The molecule has 0 unspecified atom stereocenters. The van der Waals surface area contributed by atoms with E-state index in [0.29, 0.717) is 29.7 Å². The third-order valence-electron chi connectivity index (χ3n) is 2.92. The van der Waals surface area contributed by atoms with Gasteiger partial charge in [-0.3, -0.25) is 4.79 Å². The molecule has 0 aromatic heterocycles. The van der Waals surface area contributed by atoms with E-state index in [1.54, 1.807) is 19.2 Å². The summed E-state index contributed by atoms with van der Waals surface area (Å²) in [6.45, 7) is 0.855. The van der Waals surface area contributed by atoms with Crippen LogP contribution in [0.5, 0.6) is 11.5 Å². The summed E-state index contributed by atoms with van der Waals surface area (Å²) in [6.07, 6.45) is 0. The minimum Gasteiger partial charge on any atom is -0.497 e. The van der Waals surface area contributed by atoms with E-state index in [9.17, 15) is 4.79 Å². The lowest BCUT2D eigenvalue weighted by atomic mass is 10.3. The normalized spacial score (nSPS) is 10.2. The molecule has 0 aliphatic carbocycles. The van der Waals surface area contributed by atoms with E-state index < -0.39 is 0 Å². The molecule has 0 aliphatic rings. The number of hydrogen-bond acceptors (Lipinski definition) is 4. The van der Waals surface area contributed by atoms with Crippen molar-refractivity contribution in [3.63, 3.8) is 0 Å². The van der Waals surface area contributed by atoms with Gasteiger partial charge in [0.25, 0.3) is 0 Å². The third-order valence-corrected chi connectivity index (χ3v) is 4.17. The fourth-order valence-electron chi connectivity index (χ4n) is 1.79. The van der Waals surface area contributed by atoms with Crippen LogP contribution in [0.1, 0.15) is 0 Å². The number of methoxy groups -OCH3 is 1. The summed E-state index contributed by atoms with van der Waals surface area (Å²) in [5.74, 6) is 1.83. The predicted molar refractivity (Wildman–Crippen MR) is 93.7 cm³/mol. The van der Waals surface area contributed by atoms with E-state index >= 15 is 0 Å². The molecule has 122 valence electrons. The summed E-state index contributed by atoms with van der Waals surface area (Å²) < 4.78 is 10.6. The number of carbonyl (C=O) groups excluding carboxylic acids is 1. The molecule has 0 atom stereocenters. The Bertz CT molecular complexity index is 634. The van der Waals surface area contributed by atoms with Gasteiger partial charge >= 0.3 is 0 Å². The molecular weight excluding hydrogens is 334 g/mol.